The molecule has 0 aromatic rings. The van der Waals surface area contributed by atoms with Crippen molar-refractivity contribution in [3.05, 3.63) is 97.2 Å². The molecule has 0 aliphatic rings. The molecule has 0 aliphatic heterocycles. The first kappa shape index (κ1) is 54.8. The Bertz CT molecular complexity index is 1140. The minimum atomic E-state index is -0.560. The molecular formula is C53H88O5. The molecule has 0 N–H and O–H groups in total. The quantitative estimate of drug-likeness (QED) is 0.0349. The molecular weight excluding hydrogens is 717 g/mol. The van der Waals surface area contributed by atoms with E-state index < -0.39 is 6.10 Å². The van der Waals surface area contributed by atoms with Gasteiger partial charge in [0.1, 0.15) is 6.61 Å². The standard InChI is InChI=1S/C53H88O5/c1-4-7-10-13-16-18-20-22-24-25-26-27-28-30-32-34-36-39-42-45-48-56-49-51(58-53(55)47-44-41-37-15-12-9-6-3)50-57-52(54)46-43-40-38-35-33-31-29-23-21-19-17-14-11-8-5-2/h7-8,10-11,16-19,22-24,26-27,29,33,35,51H,4-6,9,12-15,20-21,25,28,30-32,34,36-50H2,1-3H3/b10-7-,11-8-,18-16-,19-17-,24-22-,27-26-,29-23-,35-33-. The van der Waals surface area contributed by atoms with Crippen molar-refractivity contribution in [3.8, 4) is 0 Å². The van der Waals surface area contributed by atoms with Gasteiger partial charge >= 0.3 is 11.9 Å². The molecule has 0 fully saturated rings. The Hall–Kier alpha value is -3.18. The highest BCUT2D eigenvalue weighted by Gasteiger charge is 2.17. The molecule has 0 aromatic heterocycles. The lowest BCUT2D eigenvalue weighted by molar-refractivity contribution is -0.163. The third-order valence-electron chi connectivity index (χ3n) is 9.62. The van der Waals surface area contributed by atoms with Gasteiger partial charge < -0.3 is 14.2 Å². The second-order valence-corrected chi connectivity index (χ2v) is 15.3. The Kier molecular flexibility index (Phi) is 45.5. The zero-order valence-electron chi connectivity index (χ0n) is 37.8. The number of allylic oxidation sites excluding steroid dienone is 16. The maximum absolute atomic E-state index is 12.6. The van der Waals surface area contributed by atoms with E-state index in [-0.39, 0.29) is 25.2 Å². The monoisotopic (exact) mass is 805 g/mol. The van der Waals surface area contributed by atoms with E-state index in [1.54, 1.807) is 0 Å². The third-order valence-corrected chi connectivity index (χ3v) is 9.62. The van der Waals surface area contributed by atoms with Crippen molar-refractivity contribution in [2.75, 3.05) is 19.8 Å². The molecule has 0 heterocycles. The van der Waals surface area contributed by atoms with Crippen LogP contribution in [0.25, 0.3) is 0 Å². The van der Waals surface area contributed by atoms with Crippen LogP contribution in [0.15, 0.2) is 97.2 Å². The lowest BCUT2D eigenvalue weighted by Crippen LogP contribution is -2.30. The number of hydrogen-bond acceptors (Lipinski definition) is 5. The van der Waals surface area contributed by atoms with Gasteiger partial charge in [-0.3, -0.25) is 9.59 Å². The van der Waals surface area contributed by atoms with Gasteiger partial charge in [-0.15, -0.1) is 0 Å². The molecule has 58 heavy (non-hydrogen) atoms. The van der Waals surface area contributed by atoms with Gasteiger partial charge in [0.05, 0.1) is 6.61 Å². The summed E-state index contributed by atoms with van der Waals surface area (Å²) < 4.78 is 17.2. The highest BCUT2D eigenvalue weighted by atomic mass is 16.6. The highest BCUT2D eigenvalue weighted by molar-refractivity contribution is 5.70. The fraction of sp³-hybridized carbons (Fsp3) is 0.660. The van der Waals surface area contributed by atoms with Crippen LogP contribution in [0.3, 0.4) is 0 Å². The van der Waals surface area contributed by atoms with Gasteiger partial charge in [0.25, 0.3) is 0 Å². The number of carbonyl (C=O) groups is 2. The smallest absolute Gasteiger partial charge is 0.306 e. The largest absolute Gasteiger partial charge is 0.462 e. The minimum Gasteiger partial charge on any atom is -0.462 e. The Morgan fingerprint density at radius 1 is 0.397 bits per heavy atom. The van der Waals surface area contributed by atoms with Crippen LogP contribution >= 0.6 is 0 Å². The summed E-state index contributed by atoms with van der Waals surface area (Å²) in [6.45, 7) is 7.48. The summed E-state index contributed by atoms with van der Waals surface area (Å²) in [5, 5.41) is 0. The highest BCUT2D eigenvalue weighted by Crippen LogP contribution is 2.12. The van der Waals surface area contributed by atoms with Crippen LogP contribution in [0, 0.1) is 0 Å². The Morgan fingerprint density at radius 3 is 1.28 bits per heavy atom. The van der Waals surface area contributed by atoms with Gasteiger partial charge in [-0.2, -0.15) is 0 Å². The predicted molar refractivity (Wildman–Crippen MR) is 251 cm³/mol. The molecule has 0 aromatic carbocycles. The van der Waals surface area contributed by atoms with Crippen molar-refractivity contribution in [3.63, 3.8) is 0 Å². The summed E-state index contributed by atoms with van der Waals surface area (Å²) in [6.07, 6.45) is 64.3. The van der Waals surface area contributed by atoms with Crippen molar-refractivity contribution in [2.45, 2.75) is 207 Å². The van der Waals surface area contributed by atoms with Crippen molar-refractivity contribution in [1.29, 1.82) is 0 Å². The van der Waals surface area contributed by atoms with E-state index in [1.807, 2.05) is 0 Å². The van der Waals surface area contributed by atoms with E-state index in [9.17, 15) is 9.59 Å². The van der Waals surface area contributed by atoms with Crippen LogP contribution in [-0.2, 0) is 23.8 Å². The van der Waals surface area contributed by atoms with Crippen LogP contribution in [-0.4, -0.2) is 37.9 Å². The number of esters is 2. The number of rotatable bonds is 42. The molecule has 0 saturated carbocycles. The molecule has 0 rings (SSSR count). The summed E-state index contributed by atoms with van der Waals surface area (Å²) in [5.41, 5.74) is 0. The maximum atomic E-state index is 12.6. The van der Waals surface area contributed by atoms with Crippen LogP contribution in [0.4, 0.5) is 0 Å². The van der Waals surface area contributed by atoms with Gasteiger partial charge in [-0.25, -0.2) is 0 Å². The first-order valence-electron chi connectivity index (χ1n) is 23.8. The first-order chi connectivity index (χ1) is 28.6. The molecule has 0 amide bonds. The number of ether oxygens (including phenoxy) is 3. The molecule has 0 aliphatic carbocycles. The number of carbonyl (C=O) groups excluding carboxylic acids is 2. The van der Waals surface area contributed by atoms with E-state index >= 15 is 0 Å². The van der Waals surface area contributed by atoms with E-state index in [1.165, 1.54) is 57.8 Å². The van der Waals surface area contributed by atoms with Crippen molar-refractivity contribution in [2.24, 2.45) is 0 Å². The molecule has 5 nitrogen and oxygen atoms in total. The molecule has 0 radical (unpaired) electrons. The average Bonchev–Trinajstić information content (AvgIpc) is 3.22. The SMILES string of the molecule is CC/C=C\C/C=C\C/C=C\C/C=C\CCCCCCCCCOCC(COC(=O)CCCC/C=C\C/C=C\C/C=C\C/C=C\CC)OC(=O)CCCCCCCCC. The maximum Gasteiger partial charge on any atom is 0.306 e. The zero-order valence-corrected chi connectivity index (χ0v) is 37.8. The zero-order chi connectivity index (χ0) is 42.1. The van der Waals surface area contributed by atoms with Gasteiger partial charge in [0, 0.05) is 19.4 Å². The van der Waals surface area contributed by atoms with Gasteiger partial charge in [0.15, 0.2) is 6.10 Å². The van der Waals surface area contributed by atoms with E-state index in [0.29, 0.717) is 19.4 Å². The van der Waals surface area contributed by atoms with Crippen LogP contribution in [0.5, 0.6) is 0 Å². The number of unbranched alkanes of at least 4 members (excludes halogenated alkanes) is 15. The second kappa shape index (κ2) is 48.2. The Morgan fingerprint density at radius 2 is 0.776 bits per heavy atom. The normalized spacial score (nSPS) is 13.1. The van der Waals surface area contributed by atoms with Crippen LogP contribution in [0.1, 0.15) is 201 Å². The second-order valence-electron chi connectivity index (χ2n) is 15.3. The van der Waals surface area contributed by atoms with Crippen molar-refractivity contribution >= 4 is 11.9 Å². The third kappa shape index (κ3) is 45.5. The summed E-state index contributed by atoms with van der Waals surface area (Å²) >= 11 is 0. The van der Waals surface area contributed by atoms with E-state index in [4.69, 9.17) is 14.2 Å². The molecule has 0 bridgehead atoms. The lowest BCUT2D eigenvalue weighted by atomic mass is 10.1. The Balaban J connectivity index is 4.22. The average molecular weight is 805 g/mol. The molecule has 330 valence electrons. The fourth-order valence-corrected chi connectivity index (χ4v) is 6.14. The van der Waals surface area contributed by atoms with Gasteiger partial charge in [-0.05, 0) is 96.3 Å². The molecule has 1 unspecified atom stereocenters. The predicted octanol–water partition coefficient (Wildman–Crippen LogP) is 15.9. The van der Waals surface area contributed by atoms with Gasteiger partial charge in [-0.1, -0.05) is 189 Å². The van der Waals surface area contributed by atoms with Crippen molar-refractivity contribution in [1.82, 2.24) is 0 Å². The summed E-state index contributed by atoms with van der Waals surface area (Å²) in [5.74, 6) is -0.463. The van der Waals surface area contributed by atoms with Crippen LogP contribution < -0.4 is 0 Å². The van der Waals surface area contributed by atoms with Gasteiger partial charge in [0.2, 0.25) is 0 Å². The van der Waals surface area contributed by atoms with Crippen LogP contribution in [0.2, 0.25) is 0 Å². The molecule has 0 saturated heterocycles. The number of hydrogen-bond donors (Lipinski definition) is 0. The van der Waals surface area contributed by atoms with Crippen molar-refractivity contribution < 1.29 is 23.8 Å². The molecule has 5 heteroatoms. The summed E-state index contributed by atoms with van der Waals surface area (Å²) in [4.78, 5) is 25.2. The van der Waals surface area contributed by atoms with E-state index in [0.717, 1.165) is 109 Å². The van der Waals surface area contributed by atoms with E-state index in [2.05, 4.69) is 118 Å². The fourth-order valence-electron chi connectivity index (χ4n) is 6.14. The Labute approximate surface area is 358 Å². The summed E-state index contributed by atoms with van der Waals surface area (Å²) in [6, 6.07) is 0. The first-order valence-corrected chi connectivity index (χ1v) is 23.8. The topological polar surface area (TPSA) is 61.8 Å². The minimum absolute atomic E-state index is 0.0549. The molecule has 0 spiro atoms. The molecule has 1 atom stereocenters. The lowest BCUT2D eigenvalue weighted by Gasteiger charge is -2.18. The summed E-state index contributed by atoms with van der Waals surface area (Å²) in [7, 11) is 0.